The van der Waals surface area contributed by atoms with E-state index in [1.807, 2.05) is 0 Å². The van der Waals surface area contributed by atoms with Gasteiger partial charge in [0.25, 0.3) is 0 Å². The molecule has 1 unspecified atom stereocenters. The van der Waals surface area contributed by atoms with E-state index in [9.17, 15) is 14.7 Å². The van der Waals surface area contributed by atoms with Gasteiger partial charge in [0.15, 0.2) is 0 Å². The van der Waals surface area contributed by atoms with E-state index in [0.717, 1.165) is 0 Å². The van der Waals surface area contributed by atoms with Crippen molar-refractivity contribution in [1.82, 2.24) is 5.32 Å². The van der Waals surface area contributed by atoms with Crippen LogP contribution in [0.2, 0.25) is 10.0 Å². The van der Waals surface area contributed by atoms with Crippen LogP contribution in [-0.2, 0) is 9.59 Å². The maximum Gasteiger partial charge on any atom is 0.333 e. The second-order valence-electron chi connectivity index (χ2n) is 4.31. The largest absolute Gasteiger partial charge is 0.478 e. The molecule has 1 aliphatic rings. The number of carbonyl (C=O) groups excluding carboxylic acids is 1. The lowest BCUT2D eigenvalue weighted by molar-refractivity contribution is -0.133. The average Bonchev–Trinajstić information content (AvgIpc) is 2.30. The third kappa shape index (κ3) is 2.74. The first-order valence-electron chi connectivity index (χ1n) is 5.59. The normalized spacial score (nSPS) is 19.3. The summed E-state index contributed by atoms with van der Waals surface area (Å²) >= 11 is 12.0. The summed E-state index contributed by atoms with van der Waals surface area (Å²) in [7, 11) is 0. The minimum Gasteiger partial charge on any atom is -0.478 e. The minimum absolute atomic E-state index is 0.0407. The number of hydrogen-bond donors (Lipinski definition) is 2. The molecule has 0 spiro atoms. The number of benzene rings is 1. The quantitative estimate of drug-likeness (QED) is 0.882. The van der Waals surface area contributed by atoms with Gasteiger partial charge in [-0.3, -0.25) is 4.79 Å². The fraction of sp³-hybridized carbons (Fsp3) is 0.231. The number of halogens is 2. The van der Waals surface area contributed by atoms with Gasteiger partial charge < -0.3 is 10.4 Å². The predicted octanol–water partition coefficient (Wildman–Crippen LogP) is 2.96. The first-order chi connectivity index (χ1) is 8.90. The number of nitrogens with one attached hydrogen (secondary N) is 1. The minimum atomic E-state index is -1.07. The van der Waals surface area contributed by atoms with Crippen molar-refractivity contribution in [3.8, 4) is 0 Å². The van der Waals surface area contributed by atoms with Crippen molar-refractivity contribution < 1.29 is 14.7 Å². The van der Waals surface area contributed by atoms with E-state index in [4.69, 9.17) is 23.2 Å². The van der Waals surface area contributed by atoms with Gasteiger partial charge in [-0.05, 0) is 30.7 Å². The number of hydrogen-bond acceptors (Lipinski definition) is 2. The van der Waals surface area contributed by atoms with E-state index in [-0.39, 0.29) is 17.9 Å². The highest BCUT2D eigenvalue weighted by Gasteiger charge is 2.32. The molecule has 19 heavy (non-hydrogen) atoms. The second-order valence-corrected chi connectivity index (χ2v) is 5.16. The van der Waals surface area contributed by atoms with Gasteiger partial charge in [0.2, 0.25) is 5.91 Å². The van der Waals surface area contributed by atoms with E-state index in [1.54, 1.807) is 25.1 Å². The lowest BCUT2D eigenvalue weighted by Crippen LogP contribution is -2.33. The highest BCUT2D eigenvalue weighted by molar-refractivity contribution is 6.33. The van der Waals surface area contributed by atoms with Crippen molar-refractivity contribution in [1.29, 1.82) is 0 Å². The number of carboxylic acids is 1. The molecule has 1 aromatic rings. The zero-order valence-electron chi connectivity index (χ0n) is 10.0. The molecule has 1 aliphatic heterocycles. The summed E-state index contributed by atoms with van der Waals surface area (Å²) in [6.07, 6.45) is 0.0407. The van der Waals surface area contributed by atoms with Crippen molar-refractivity contribution >= 4 is 35.1 Å². The van der Waals surface area contributed by atoms with Gasteiger partial charge in [0, 0.05) is 28.1 Å². The van der Waals surface area contributed by atoms with Gasteiger partial charge in [-0.15, -0.1) is 0 Å². The van der Waals surface area contributed by atoms with Crippen LogP contribution in [0.1, 0.15) is 24.8 Å². The van der Waals surface area contributed by atoms with Crippen LogP contribution in [0.5, 0.6) is 0 Å². The Morgan fingerprint density at radius 3 is 2.74 bits per heavy atom. The number of allylic oxidation sites excluding steroid dienone is 1. The van der Waals surface area contributed by atoms with E-state index in [0.29, 0.717) is 21.3 Å². The Morgan fingerprint density at radius 1 is 1.42 bits per heavy atom. The Bertz CT molecular complexity index is 596. The van der Waals surface area contributed by atoms with Crippen molar-refractivity contribution in [2.45, 2.75) is 19.3 Å². The first kappa shape index (κ1) is 13.9. The molecule has 1 aromatic carbocycles. The molecule has 0 fully saturated rings. The summed E-state index contributed by atoms with van der Waals surface area (Å²) in [6.45, 7) is 1.56. The first-order valence-corrected chi connectivity index (χ1v) is 6.34. The van der Waals surface area contributed by atoms with Gasteiger partial charge in [-0.25, -0.2) is 4.79 Å². The topological polar surface area (TPSA) is 66.4 Å². The Hall–Kier alpha value is -1.52. The molecule has 6 heteroatoms. The lowest BCUT2D eigenvalue weighted by Gasteiger charge is -2.26. The molecule has 0 saturated heterocycles. The van der Waals surface area contributed by atoms with E-state index >= 15 is 0 Å². The summed E-state index contributed by atoms with van der Waals surface area (Å²) in [5.41, 5.74) is 1.04. The van der Waals surface area contributed by atoms with Crippen molar-refractivity contribution in [2.24, 2.45) is 0 Å². The molecular formula is C13H11Cl2NO3. The van der Waals surface area contributed by atoms with Crippen molar-refractivity contribution in [3.63, 3.8) is 0 Å². The van der Waals surface area contributed by atoms with Gasteiger partial charge >= 0.3 is 5.97 Å². The molecule has 1 amide bonds. The zero-order chi connectivity index (χ0) is 14.2. The molecule has 4 nitrogen and oxygen atoms in total. The highest BCUT2D eigenvalue weighted by atomic mass is 35.5. The Labute approximate surface area is 120 Å². The Kier molecular flexibility index (Phi) is 3.83. The standard InChI is InChI=1S/C13H11Cl2NO3/c1-6-12(13(18)19)9(5-11(17)16-6)8-4-7(14)2-3-10(8)15/h2-4,9H,5H2,1H3,(H,16,17)(H,18,19). The van der Waals surface area contributed by atoms with E-state index in [2.05, 4.69) is 5.32 Å². The average molecular weight is 300 g/mol. The number of carbonyl (C=O) groups is 2. The monoisotopic (exact) mass is 299 g/mol. The number of carboxylic acid groups (broad SMARTS) is 1. The molecule has 2 N–H and O–H groups in total. The summed E-state index contributed by atoms with van der Waals surface area (Å²) in [4.78, 5) is 23.0. The third-order valence-electron chi connectivity index (χ3n) is 3.03. The molecular weight excluding hydrogens is 289 g/mol. The number of aliphatic carboxylic acids is 1. The molecule has 0 bridgehead atoms. The number of amides is 1. The van der Waals surface area contributed by atoms with Crippen LogP contribution in [-0.4, -0.2) is 17.0 Å². The van der Waals surface area contributed by atoms with E-state index in [1.165, 1.54) is 0 Å². The molecule has 0 aromatic heterocycles. The van der Waals surface area contributed by atoms with Crippen LogP contribution in [0.4, 0.5) is 0 Å². The van der Waals surface area contributed by atoms with Crippen LogP contribution in [0.25, 0.3) is 0 Å². The SMILES string of the molecule is CC1=C(C(=O)O)C(c2cc(Cl)ccc2Cl)CC(=O)N1. The second kappa shape index (κ2) is 5.23. The fourth-order valence-corrected chi connectivity index (χ4v) is 2.66. The molecule has 0 radical (unpaired) electrons. The van der Waals surface area contributed by atoms with Crippen LogP contribution < -0.4 is 5.32 Å². The predicted molar refractivity (Wildman–Crippen MR) is 72.3 cm³/mol. The van der Waals surface area contributed by atoms with Crippen LogP contribution in [0.15, 0.2) is 29.5 Å². The molecule has 2 rings (SSSR count). The maximum atomic E-state index is 11.6. The van der Waals surface area contributed by atoms with Crippen LogP contribution >= 0.6 is 23.2 Å². The van der Waals surface area contributed by atoms with Crippen molar-refractivity contribution in [2.75, 3.05) is 0 Å². The van der Waals surface area contributed by atoms with Gasteiger partial charge in [0.05, 0.1) is 5.57 Å². The van der Waals surface area contributed by atoms with Crippen LogP contribution in [0.3, 0.4) is 0 Å². The van der Waals surface area contributed by atoms with Gasteiger partial charge in [0.1, 0.15) is 0 Å². The molecule has 0 saturated carbocycles. The smallest absolute Gasteiger partial charge is 0.333 e. The molecule has 1 heterocycles. The lowest BCUT2D eigenvalue weighted by atomic mass is 9.84. The van der Waals surface area contributed by atoms with E-state index < -0.39 is 11.9 Å². The molecule has 1 atom stereocenters. The molecule has 100 valence electrons. The maximum absolute atomic E-state index is 11.6. The van der Waals surface area contributed by atoms with Crippen LogP contribution in [0, 0.1) is 0 Å². The van der Waals surface area contributed by atoms with Gasteiger partial charge in [-0.1, -0.05) is 23.2 Å². The Morgan fingerprint density at radius 2 is 2.11 bits per heavy atom. The summed E-state index contributed by atoms with van der Waals surface area (Å²) in [5, 5.41) is 12.7. The summed E-state index contributed by atoms with van der Waals surface area (Å²) in [5.74, 6) is -1.89. The summed E-state index contributed by atoms with van der Waals surface area (Å²) in [6, 6.07) is 4.82. The van der Waals surface area contributed by atoms with Crippen molar-refractivity contribution in [3.05, 3.63) is 45.1 Å². The number of rotatable bonds is 2. The highest BCUT2D eigenvalue weighted by Crippen LogP contribution is 2.37. The summed E-state index contributed by atoms with van der Waals surface area (Å²) < 4.78 is 0. The molecule has 0 aliphatic carbocycles. The Balaban J connectivity index is 2.58. The third-order valence-corrected chi connectivity index (χ3v) is 3.61. The zero-order valence-corrected chi connectivity index (χ0v) is 11.5. The fourth-order valence-electron chi connectivity index (χ4n) is 2.23. The van der Waals surface area contributed by atoms with Gasteiger partial charge in [-0.2, -0.15) is 0 Å².